The molecule has 0 amide bonds. The van der Waals surface area contributed by atoms with Crippen molar-refractivity contribution in [1.82, 2.24) is 0 Å². The Morgan fingerprint density at radius 1 is 0.833 bits per heavy atom. The van der Waals surface area contributed by atoms with Crippen molar-refractivity contribution >= 4 is 0 Å². The number of rotatable bonds is 0. The van der Waals surface area contributed by atoms with Crippen molar-refractivity contribution in [3.05, 3.63) is 0 Å². The molecule has 4 aliphatic carbocycles. The summed E-state index contributed by atoms with van der Waals surface area (Å²) < 4.78 is 13.4. The SMILES string of the molecule is C[C@@H]1CC[C@]2(OC1)O[C@@H]1C[C@H]3[C@@H]4CC[C@H]5C[C@@H](O)CC[C@]5(C)[C@H]4CC[C@]3(C)[C@H]1[C@@H]2C. The minimum absolute atomic E-state index is 0.0389. The monoisotopic (exact) mass is 416 g/mol. The van der Waals surface area contributed by atoms with Crippen LogP contribution in [0.3, 0.4) is 0 Å². The van der Waals surface area contributed by atoms with E-state index in [2.05, 4.69) is 27.7 Å². The molecule has 1 N–H and O–H groups in total. The second-order valence-corrected chi connectivity index (χ2v) is 13.1. The molecule has 3 heteroatoms. The first-order chi connectivity index (χ1) is 14.3. The van der Waals surface area contributed by atoms with Crippen molar-refractivity contribution in [3.8, 4) is 0 Å². The summed E-state index contributed by atoms with van der Waals surface area (Å²) in [6, 6.07) is 0. The number of aliphatic hydroxyl groups is 1. The number of hydrogen-bond donors (Lipinski definition) is 1. The predicted molar refractivity (Wildman–Crippen MR) is 118 cm³/mol. The number of fused-ring (bicyclic) bond motifs is 7. The predicted octanol–water partition coefficient (Wildman–Crippen LogP) is 5.79. The van der Waals surface area contributed by atoms with E-state index in [0.29, 0.717) is 34.7 Å². The summed E-state index contributed by atoms with van der Waals surface area (Å²) in [4.78, 5) is 0. The third kappa shape index (κ3) is 2.61. The fourth-order valence-electron chi connectivity index (χ4n) is 10.3. The van der Waals surface area contributed by atoms with E-state index in [0.717, 1.165) is 49.5 Å². The highest BCUT2D eigenvalue weighted by Crippen LogP contribution is 2.71. The molecule has 6 fully saturated rings. The molecule has 1 spiro atoms. The summed E-state index contributed by atoms with van der Waals surface area (Å²) in [5.74, 6) is 4.93. The molecule has 170 valence electrons. The second kappa shape index (κ2) is 6.70. The highest BCUT2D eigenvalue weighted by Gasteiger charge is 2.69. The van der Waals surface area contributed by atoms with Gasteiger partial charge in [-0.25, -0.2) is 0 Å². The molecular formula is C27H44O3. The van der Waals surface area contributed by atoms with E-state index in [9.17, 15) is 5.11 Å². The van der Waals surface area contributed by atoms with E-state index in [1.807, 2.05) is 0 Å². The molecule has 0 aromatic heterocycles. The molecule has 2 aliphatic heterocycles. The van der Waals surface area contributed by atoms with Crippen LogP contribution in [0.15, 0.2) is 0 Å². The van der Waals surface area contributed by atoms with Gasteiger partial charge in [0.25, 0.3) is 0 Å². The zero-order chi connectivity index (χ0) is 20.9. The molecule has 0 aromatic rings. The highest BCUT2D eigenvalue weighted by atomic mass is 16.7. The normalized spacial score (nSPS) is 62.5. The minimum Gasteiger partial charge on any atom is -0.393 e. The van der Waals surface area contributed by atoms with Gasteiger partial charge in [-0.15, -0.1) is 0 Å². The number of hydrogen-bond acceptors (Lipinski definition) is 3. The van der Waals surface area contributed by atoms with Crippen molar-refractivity contribution in [3.63, 3.8) is 0 Å². The van der Waals surface area contributed by atoms with Crippen LogP contribution in [0.1, 0.15) is 91.9 Å². The molecule has 6 aliphatic rings. The van der Waals surface area contributed by atoms with Gasteiger partial charge in [0.15, 0.2) is 5.79 Å². The standard InChI is InChI=1S/C27H44O3/c1-16-7-12-27(29-15-16)17(2)24-23(30-27)14-22-20-6-5-18-13-19(28)8-10-25(18,3)21(20)9-11-26(22,24)4/h16-24,28H,5-15H2,1-4H3/t16-,17+,18+,19+,20-,21+,22+,23-,24+,25+,26+,27+/m1/s1. The van der Waals surface area contributed by atoms with Crippen LogP contribution in [0.4, 0.5) is 0 Å². The Morgan fingerprint density at radius 2 is 1.63 bits per heavy atom. The van der Waals surface area contributed by atoms with Gasteiger partial charge in [-0.2, -0.15) is 0 Å². The van der Waals surface area contributed by atoms with E-state index in [1.54, 1.807) is 0 Å². The summed E-state index contributed by atoms with van der Waals surface area (Å²) in [6.45, 7) is 10.9. The molecule has 4 saturated carbocycles. The third-order valence-corrected chi connectivity index (χ3v) is 11.9. The van der Waals surface area contributed by atoms with Crippen LogP contribution in [0.25, 0.3) is 0 Å². The van der Waals surface area contributed by atoms with Crippen molar-refractivity contribution in [2.24, 2.45) is 52.3 Å². The number of ether oxygens (including phenoxy) is 2. The lowest BCUT2D eigenvalue weighted by Gasteiger charge is -2.61. The molecular weight excluding hydrogens is 372 g/mol. The van der Waals surface area contributed by atoms with Gasteiger partial charge < -0.3 is 14.6 Å². The van der Waals surface area contributed by atoms with Gasteiger partial charge in [0.2, 0.25) is 0 Å². The molecule has 12 atom stereocenters. The van der Waals surface area contributed by atoms with Crippen molar-refractivity contribution in [2.45, 2.75) is 110 Å². The van der Waals surface area contributed by atoms with E-state index in [1.165, 1.54) is 44.9 Å². The first-order valence-corrected chi connectivity index (χ1v) is 13.3. The Balaban J connectivity index is 1.26. The fraction of sp³-hybridized carbons (Fsp3) is 1.00. The van der Waals surface area contributed by atoms with Crippen molar-refractivity contribution < 1.29 is 14.6 Å². The van der Waals surface area contributed by atoms with E-state index in [4.69, 9.17) is 9.47 Å². The quantitative estimate of drug-likeness (QED) is 0.543. The molecule has 6 rings (SSSR count). The van der Waals surface area contributed by atoms with Crippen LogP contribution in [0.2, 0.25) is 0 Å². The highest BCUT2D eigenvalue weighted by molar-refractivity contribution is 5.15. The van der Waals surface area contributed by atoms with Gasteiger partial charge >= 0.3 is 0 Å². The lowest BCUT2D eigenvalue weighted by atomic mass is 9.44. The summed E-state index contributed by atoms with van der Waals surface area (Å²) in [5.41, 5.74) is 0.899. The molecule has 0 radical (unpaired) electrons. The molecule has 0 bridgehead atoms. The maximum absolute atomic E-state index is 10.3. The maximum atomic E-state index is 10.3. The van der Waals surface area contributed by atoms with Gasteiger partial charge in [0.05, 0.1) is 18.8 Å². The van der Waals surface area contributed by atoms with Gasteiger partial charge in [-0.3, -0.25) is 0 Å². The molecule has 3 nitrogen and oxygen atoms in total. The molecule has 2 saturated heterocycles. The lowest BCUT2D eigenvalue weighted by Crippen LogP contribution is -2.55. The summed E-state index contributed by atoms with van der Waals surface area (Å²) in [5, 5.41) is 10.3. The van der Waals surface area contributed by atoms with Crippen molar-refractivity contribution in [2.75, 3.05) is 6.61 Å². The largest absolute Gasteiger partial charge is 0.393 e. The Kier molecular flexibility index (Phi) is 4.58. The average molecular weight is 417 g/mol. The fourth-order valence-corrected chi connectivity index (χ4v) is 10.3. The first kappa shape index (κ1) is 20.5. The smallest absolute Gasteiger partial charge is 0.171 e. The summed E-state index contributed by atoms with van der Waals surface area (Å²) in [6.07, 6.45) is 12.9. The van der Waals surface area contributed by atoms with Crippen LogP contribution in [0, 0.1) is 52.3 Å². The van der Waals surface area contributed by atoms with Gasteiger partial charge in [0, 0.05) is 12.3 Å². The molecule has 0 unspecified atom stereocenters. The zero-order valence-electron chi connectivity index (χ0n) is 19.7. The Bertz CT molecular complexity index is 684. The Labute approximate surface area is 183 Å². The zero-order valence-corrected chi connectivity index (χ0v) is 19.7. The van der Waals surface area contributed by atoms with E-state index in [-0.39, 0.29) is 11.9 Å². The van der Waals surface area contributed by atoms with Gasteiger partial charge in [0.1, 0.15) is 0 Å². The Hall–Kier alpha value is -0.120. The molecule has 2 heterocycles. The van der Waals surface area contributed by atoms with Crippen molar-refractivity contribution in [1.29, 1.82) is 0 Å². The Morgan fingerprint density at radius 3 is 2.40 bits per heavy atom. The maximum Gasteiger partial charge on any atom is 0.171 e. The van der Waals surface area contributed by atoms with Crippen LogP contribution >= 0.6 is 0 Å². The average Bonchev–Trinajstić information content (AvgIpc) is 3.16. The second-order valence-electron chi connectivity index (χ2n) is 13.1. The van der Waals surface area contributed by atoms with Crippen LogP contribution in [-0.4, -0.2) is 29.7 Å². The van der Waals surface area contributed by atoms with E-state index < -0.39 is 0 Å². The van der Waals surface area contributed by atoms with Gasteiger partial charge in [-0.05, 0) is 104 Å². The first-order valence-electron chi connectivity index (χ1n) is 13.3. The minimum atomic E-state index is -0.282. The van der Waals surface area contributed by atoms with E-state index >= 15 is 0 Å². The summed E-state index contributed by atoms with van der Waals surface area (Å²) in [7, 11) is 0. The van der Waals surface area contributed by atoms with Crippen LogP contribution in [0.5, 0.6) is 0 Å². The van der Waals surface area contributed by atoms with Gasteiger partial charge in [-0.1, -0.05) is 27.7 Å². The lowest BCUT2D eigenvalue weighted by molar-refractivity contribution is -0.273. The molecule has 0 aromatic carbocycles. The summed E-state index contributed by atoms with van der Waals surface area (Å²) >= 11 is 0. The van der Waals surface area contributed by atoms with Crippen LogP contribution < -0.4 is 0 Å². The third-order valence-electron chi connectivity index (χ3n) is 11.9. The van der Waals surface area contributed by atoms with Crippen LogP contribution in [-0.2, 0) is 9.47 Å². The molecule has 30 heavy (non-hydrogen) atoms. The number of aliphatic hydroxyl groups excluding tert-OH is 1. The topological polar surface area (TPSA) is 38.7 Å².